The number of benzene rings is 2. The van der Waals surface area contributed by atoms with E-state index in [4.69, 9.17) is 21.7 Å². The predicted octanol–water partition coefficient (Wildman–Crippen LogP) is 4.25. The Balaban J connectivity index is 2.05. The Bertz CT molecular complexity index is 762. The Morgan fingerprint density at radius 3 is 2.38 bits per heavy atom. The Labute approximate surface area is 159 Å². The van der Waals surface area contributed by atoms with Crippen molar-refractivity contribution in [1.29, 1.82) is 0 Å². The Morgan fingerprint density at radius 1 is 1.04 bits per heavy atom. The highest BCUT2D eigenvalue weighted by Crippen LogP contribution is 2.24. The van der Waals surface area contributed by atoms with Crippen LogP contribution >= 0.6 is 12.2 Å². The molecule has 0 radical (unpaired) electrons. The maximum atomic E-state index is 12.6. The first-order chi connectivity index (χ1) is 12.5. The first kappa shape index (κ1) is 19.7. The summed E-state index contributed by atoms with van der Waals surface area (Å²) in [5.74, 6) is 1.25. The lowest BCUT2D eigenvalue weighted by molar-refractivity contribution is 0.0973. The zero-order chi connectivity index (χ0) is 18.9. The molecule has 2 aromatic rings. The molecule has 138 valence electrons. The van der Waals surface area contributed by atoms with Gasteiger partial charge in [0, 0.05) is 0 Å². The van der Waals surface area contributed by atoms with Gasteiger partial charge in [-0.3, -0.25) is 10.1 Å². The summed E-state index contributed by atoms with van der Waals surface area (Å²) in [6.07, 6.45) is 0. The van der Waals surface area contributed by atoms with Crippen molar-refractivity contribution in [2.75, 3.05) is 18.5 Å². The van der Waals surface area contributed by atoms with Crippen molar-refractivity contribution in [3.8, 4) is 11.5 Å². The van der Waals surface area contributed by atoms with Gasteiger partial charge in [-0.1, -0.05) is 38.1 Å². The second kappa shape index (κ2) is 9.77. The van der Waals surface area contributed by atoms with Crippen LogP contribution < -0.4 is 20.1 Å². The average Bonchev–Trinajstić information content (AvgIpc) is 2.62. The number of amides is 1. The number of ether oxygens (including phenoxy) is 2. The van der Waals surface area contributed by atoms with Crippen LogP contribution in [0.25, 0.3) is 0 Å². The van der Waals surface area contributed by atoms with Crippen molar-refractivity contribution >= 4 is 28.9 Å². The van der Waals surface area contributed by atoms with Crippen LogP contribution in [0.5, 0.6) is 11.5 Å². The van der Waals surface area contributed by atoms with Crippen LogP contribution in [0, 0.1) is 5.92 Å². The number of carbonyl (C=O) groups is 1. The van der Waals surface area contributed by atoms with Gasteiger partial charge in [0.05, 0.1) is 24.5 Å². The fourth-order valence-electron chi connectivity index (χ4n) is 2.21. The Hall–Kier alpha value is -2.60. The van der Waals surface area contributed by atoms with Crippen molar-refractivity contribution < 1.29 is 14.3 Å². The number of anilines is 1. The molecule has 0 bridgehead atoms. The number of hydrogen-bond donors (Lipinski definition) is 2. The second-order valence-electron chi connectivity index (χ2n) is 6.04. The minimum Gasteiger partial charge on any atom is -0.492 e. The van der Waals surface area contributed by atoms with E-state index in [0.717, 1.165) is 0 Å². The first-order valence-corrected chi connectivity index (χ1v) is 8.98. The highest BCUT2D eigenvalue weighted by molar-refractivity contribution is 7.80. The van der Waals surface area contributed by atoms with Crippen molar-refractivity contribution in [2.24, 2.45) is 5.92 Å². The van der Waals surface area contributed by atoms with Crippen molar-refractivity contribution in [1.82, 2.24) is 5.32 Å². The van der Waals surface area contributed by atoms with Crippen molar-refractivity contribution in [3.63, 3.8) is 0 Å². The molecule has 0 aliphatic rings. The van der Waals surface area contributed by atoms with Crippen LogP contribution in [-0.4, -0.2) is 24.2 Å². The van der Waals surface area contributed by atoms with E-state index in [-0.39, 0.29) is 11.0 Å². The van der Waals surface area contributed by atoms with Gasteiger partial charge in [0.1, 0.15) is 11.5 Å². The average molecular weight is 372 g/mol. The molecule has 0 saturated heterocycles. The third-order valence-corrected chi connectivity index (χ3v) is 3.57. The highest BCUT2D eigenvalue weighted by Gasteiger charge is 2.14. The molecule has 0 aliphatic carbocycles. The summed E-state index contributed by atoms with van der Waals surface area (Å²) in [7, 11) is 0. The molecule has 5 nitrogen and oxygen atoms in total. The predicted molar refractivity (Wildman–Crippen MR) is 108 cm³/mol. The highest BCUT2D eigenvalue weighted by atomic mass is 32.1. The maximum absolute atomic E-state index is 12.6. The van der Waals surface area contributed by atoms with E-state index in [1.165, 1.54) is 0 Å². The quantitative estimate of drug-likeness (QED) is 0.712. The number of carbonyl (C=O) groups excluding carboxylic acids is 1. The van der Waals surface area contributed by atoms with E-state index in [9.17, 15) is 4.79 Å². The molecule has 26 heavy (non-hydrogen) atoms. The Kier molecular flexibility index (Phi) is 7.41. The van der Waals surface area contributed by atoms with Crippen LogP contribution in [-0.2, 0) is 0 Å². The van der Waals surface area contributed by atoms with E-state index in [0.29, 0.717) is 41.9 Å². The first-order valence-electron chi connectivity index (χ1n) is 8.57. The molecule has 0 saturated carbocycles. The summed E-state index contributed by atoms with van der Waals surface area (Å²) in [4.78, 5) is 12.6. The van der Waals surface area contributed by atoms with Gasteiger partial charge in [-0.2, -0.15) is 0 Å². The van der Waals surface area contributed by atoms with Gasteiger partial charge in [-0.15, -0.1) is 0 Å². The molecule has 2 aromatic carbocycles. The fourth-order valence-corrected chi connectivity index (χ4v) is 2.41. The SMILES string of the molecule is CCOc1ccccc1NC(=S)NC(=O)c1ccccc1OCC(C)C. The van der Waals surface area contributed by atoms with Gasteiger partial charge in [0.2, 0.25) is 0 Å². The smallest absolute Gasteiger partial charge is 0.261 e. The zero-order valence-corrected chi connectivity index (χ0v) is 16.1. The number of nitrogens with one attached hydrogen (secondary N) is 2. The van der Waals surface area contributed by atoms with Gasteiger partial charge in [-0.05, 0) is 49.3 Å². The Morgan fingerprint density at radius 2 is 1.69 bits per heavy atom. The standard InChI is InChI=1S/C20H24N2O3S/c1-4-24-18-12-8-6-10-16(18)21-20(26)22-19(23)15-9-5-7-11-17(15)25-13-14(2)3/h5-12,14H,4,13H2,1-3H3,(H2,21,22,23,26). The third-order valence-electron chi connectivity index (χ3n) is 3.37. The van der Waals surface area contributed by atoms with Gasteiger partial charge in [-0.25, -0.2) is 0 Å². The lowest BCUT2D eigenvalue weighted by atomic mass is 10.2. The summed E-state index contributed by atoms with van der Waals surface area (Å²) in [5, 5.41) is 5.88. The van der Waals surface area contributed by atoms with Crippen LogP contribution in [0.2, 0.25) is 0 Å². The summed E-state index contributed by atoms with van der Waals surface area (Å²) in [5.41, 5.74) is 1.14. The second-order valence-corrected chi connectivity index (χ2v) is 6.45. The minimum absolute atomic E-state index is 0.195. The molecule has 0 aromatic heterocycles. The summed E-state index contributed by atoms with van der Waals surface area (Å²) in [6, 6.07) is 14.5. The molecule has 0 unspecified atom stereocenters. The topological polar surface area (TPSA) is 59.6 Å². The third kappa shape index (κ3) is 5.74. The van der Waals surface area contributed by atoms with Gasteiger partial charge >= 0.3 is 0 Å². The summed E-state index contributed by atoms with van der Waals surface area (Å²) >= 11 is 5.27. The molecule has 0 aliphatic heterocycles. The molecule has 0 spiro atoms. The number of hydrogen-bond acceptors (Lipinski definition) is 4. The molecular weight excluding hydrogens is 348 g/mol. The van der Waals surface area contributed by atoms with Crippen LogP contribution in [0.15, 0.2) is 48.5 Å². The van der Waals surface area contributed by atoms with Crippen molar-refractivity contribution in [2.45, 2.75) is 20.8 Å². The van der Waals surface area contributed by atoms with E-state index in [1.54, 1.807) is 18.2 Å². The van der Waals surface area contributed by atoms with Gasteiger partial charge < -0.3 is 14.8 Å². The van der Waals surface area contributed by atoms with E-state index < -0.39 is 0 Å². The number of rotatable bonds is 7. The monoisotopic (exact) mass is 372 g/mol. The number of thiocarbonyl (C=S) groups is 1. The summed E-state index contributed by atoms with van der Waals surface area (Å²) in [6.45, 7) is 7.09. The fraction of sp³-hybridized carbons (Fsp3) is 0.300. The van der Waals surface area contributed by atoms with E-state index >= 15 is 0 Å². The molecule has 0 heterocycles. The van der Waals surface area contributed by atoms with Gasteiger partial charge in [0.15, 0.2) is 5.11 Å². The minimum atomic E-state index is -0.323. The largest absolute Gasteiger partial charge is 0.492 e. The molecule has 0 atom stereocenters. The van der Waals surface area contributed by atoms with Crippen LogP contribution in [0.1, 0.15) is 31.1 Å². The lowest BCUT2D eigenvalue weighted by Gasteiger charge is -2.15. The van der Waals surface area contributed by atoms with E-state index in [2.05, 4.69) is 24.5 Å². The van der Waals surface area contributed by atoms with Crippen molar-refractivity contribution in [3.05, 3.63) is 54.1 Å². The summed E-state index contributed by atoms with van der Waals surface area (Å²) < 4.78 is 11.3. The molecule has 2 N–H and O–H groups in total. The number of para-hydroxylation sites is 3. The van der Waals surface area contributed by atoms with Crippen LogP contribution in [0.3, 0.4) is 0 Å². The lowest BCUT2D eigenvalue weighted by Crippen LogP contribution is -2.34. The molecule has 1 amide bonds. The normalized spacial score (nSPS) is 10.3. The molecule has 0 fully saturated rings. The maximum Gasteiger partial charge on any atom is 0.261 e. The van der Waals surface area contributed by atoms with Gasteiger partial charge in [0.25, 0.3) is 5.91 Å². The molecular formula is C20H24N2O3S. The zero-order valence-electron chi connectivity index (χ0n) is 15.2. The van der Waals surface area contributed by atoms with E-state index in [1.807, 2.05) is 37.3 Å². The molecule has 6 heteroatoms. The van der Waals surface area contributed by atoms with Crippen LogP contribution in [0.4, 0.5) is 5.69 Å². The molecule has 2 rings (SSSR count).